The van der Waals surface area contributed by atoms with Crippen molar-refractivity contribution in [2.75, 3.05) is 6.61 Å². The molecular weight excluding hydrogens is 183 g/mol. The Balaban J connectivity index is 2.10. The van der Waals surface area contributed by atoms with Gasteiger partial charge >= 0.3 is 0 Å². The summed E-state index contributed by atoms with van der Waals surface area (Å²) in [4.78, 5) is 0. The molecule has 70 valence electrons. The van der Waals surface area contributed by atoms with E-state index in [1.54, 1.807) is 0 Å². The van der Waals surface area contributed by atoms with Gasteiger partial charge in [0.15, 0.2) is 0 Å². The van der Waals surface area contributed by atoms with Gasteiger partial charge in [0.1, 0.15) is 5.82 Å². The number of benzene rings is 1. The highest BCUT2D eigenvalue weighted by Crippen LogP contribution is 2.10. The third-order valence-corrected chi connectivity index (χ3v) is 5.12. The predicted octanol–water partition coefficient (Wildman–Crippen LogP) is 1.57. The van der Waals surface area contributed by atoms with E-state index in [0.717, 1.165) is 6.61 Å². The van der Waals surface area contributed by atoms with Gasteiger partial charge in [-0.1, -0.05) is 18.6 Å². The van der Waals surface area contributed by atoms with Crippen LogP contribution in [0, 0.1) is 5.82 Å². The fourth-order valence-electron chi connectivity index (χ4n) is 1.68. The number of rotatable bonds is 1. The van der Waals surface area contributed by atoms with Crippen LogP contribution in [-0.2, 0) is 4.43 Å². The van der Waals surface area contributed by atoms with E-state index in [-0.39, 0.29) is 5.82 Å². The summed E-state index contributed by atoms with van der Waals surface area (Å²) in [6.07, 6.45) is 2.46. The molecule has 0 bridgehead atoms. The van der Waals surface area contributed by atoms with Gasteiger partial charge in [0.25, 0.3) is 0 Å². The summed E-state index contributed by atoms with van der Waals surface area (Å²) >= 11 is 0. The van der Waals surface area contributed by atoms with Crippen molar-refractivity contribution in [3.8, 4) is 0 Å². The van der Waals surface area contributed by atoms with Crippen LogP contribution < -0.4 is 5.19 Å². The molecule has 2 rings (SSSR count). The van der Waals surface area contributed by atoms with Crippen LogP contribution in [0.5, 0.6) is 0 Å². The summed E-state index contributed by atoms with van der Waals surface area (Å²) < 4.78 is 18.3. The summed E-state index contributed by atoms with van der Waals surface area (Å²) in [6, 6.07) is 8.00. The van der Waals surface area contributed by atoms with E-state index in [0.29, 0.717) is 0 Å². The van der Waals surface area contributed by atoms with E-state index >= 15 is 0 Å². The maximum atomic E-state index is 12.6. The molecular formula is C10H13FOSi. The molecule has 1 fully saturated rings. The molecule has 3 heteroatoms. The third kappa shape index (κ3) is 2.17. The van der Waals surface area contributed by atoms with Crippen molar-refractivity contribution < 1.29 is 8.82 Å². The second kappa shape index (κ2) is 4.02. The van der Waals surface area contributed by atoms with Crippen LogP contribution in [0.4, 0.5) is 4.39 Å². The van der Waals surface area contributed by atoms with Gasteiger partial charge in [-0.3, -0.25) is 0 Å². The third-order valence-electron chi connectivity index (χ3n) is 2.42. The molecule has 0 radical (unpaired) electrons. The monoisotopic (exact) mass is 196 g/mol. The van der Waals surface area contributed by atoms with Crippen LogP contribution in [0.25, 0.3) is 0 Å². The SMILES string of the molecule is Fc1ccc([SiH]2CCCCO2)cc1. The van der Waals surface area contributed by atoms with Crippen LogP contribution in [0.3, 0.4) is 0 Å². The molecule has 1 atom stereocenters. The lowest BCUT2D eigenvalue weighted by molar-refractivity contribution is 0.294. The molecule has 1 unspecified atom stereocenters. The Morgan fingerprint density at radius 3 is 2.54 bits per heavy atom. The number of hydrogen-bond donors (Lipinski definition) is 0. The minimum Gasteiger partial charge on any atom is -0.415 e. The largest absolute Gasteiger partial charge is 0.415 e. The smallest absolute Gasteiger partial charge is 0.208 e. The fraction of sp³-hybridized carbons (Fsp3) is 0.400. The van der Waals surface area contributed by atoms with Gasteiger partial charge in [0.2, 0.25) is 9.04 Å². The lowest BCUT2D eigenvalue weighted by Gasteiger charge is -2.21. The van der Waals surface area contributed by atoms with Crippen LogP contribution in [0.15, 0.2) is 24.3 Å². The van der Waals surface area contributed by atoms with Gasteiger partial charge in [-0.25, -0.2) is 4.39 Å². The topological polar surface area (TPSA) is 9.23 Å². The van der Waals surface area contributed by atoms with Crippen molar-refractivity contribution in [2.45, 2.75) is 18.9 Å². The van der Waals surface area contributed by atoms with Crippen LogP contribution in [0.2, 0.25) is 6.04 Å². The Morgan fingerprint density at radius 2 is 1.92 bits per heavy atom. The number of halogens is 1. The van der Waals surface area contributed by atoms with Gasteiger partial charge in [0.05, 0.1) is 0 Å². The normalized spacial score (nSPS) is 23.0. The minimum atomic E-state index is -1.17. The Labute approximate surface area is 79.3 Å². The summed E-state index contributed by atoms with van der Waals surface area (Å²) in [5.74, 6) is -0.159. The molecule has 1 aliphatic heterocycles. The molecule has 0 aromatic heterocycles. The van der Waals surface area contributed by atoms with Gasteiger partial charge in [-0.15, -0.1) is 0 Å². The zero-order valence-electron chi connectivity index (χ0n) is 7.50. The first-order valence-corrected chi connectivity index (χ1v) is 6.60. The van der Waals surface area contributed by atoms with Crippen molar-refractivity contribution in [3.63, 3.8) is 0 Å². The minimum absolute atomic E-state index is 0.159. The van der Waals surface area contributed by atoms with Crippen molar-refractivity contribution in [1.29, 1.82) is 0 Å². The second-order valence-corrected chi connectivity index (χ2v) is 5.96. The molecule has 1 saturated heterocycles. The Kier molecular flexibility index (Phi) is 2.76. The summed E-state index contributed by atoms with van der Waals surface area (Å²) in [5, 5.41) is 1.24. The van der Waals surface area contributed by atoms with E-state index in [1.807, 2.05) is 12.1 Å². The molecule has 1 heterocycles. The lowest BCUT2D eigenvalue weighted by Crippen LogP contribution is -2.36. The first kappa shape index (κ1) is 8.90. The zero-order chi connectivity index (χ0) is 9.10. The summed E-state index contributed by atoms with van der Waals surface area (Å²) in [5.41, 5.74) is 0. The highest BCUT2D eigenvalue weighted by Gasteiger charge is 2.17. The highest BCUT2D eigenvalue weighted by molar-refractivity contribution is 6.67. The van der Waals surface area contributed by atoms with Crippen LogP contribution >= 0.6 is 0 Å². The quantitative estimate of drug-likeness (QED) is 0.619. The first-order valence-electron chi connectivity index (χ1n) is 4.73. The zero-order valence-corrected chi connectivity index (χ0v) is 8.66. The first-order chi connectivity index (χ1) is 6.36. The Bertz CT molecular complexity index is 267. The van der Waals surface area contributed by atoms with Crippen molar-refractivity contribution in [3.05, 3.63) is 30.1 Å². The molecule has 0 N–H and O–H groups in total. The van der Waals surface area contributed by atoms with Crippen molar-refractivity contribution >= 4 is 14.2 Å². The van der Waals surface area contributed by atoms with Crippen molar-refractivity contribution in [2.24, 2.45) is 0 Å². The Morgan fingerprint density at radius 1 is 1.15 bits per heavy atom. The van der Waals surface area contributed by atoms with Crippen LogP contribution in [0.1, 0.15) is 12.8 Å². The molecule has 0 saturated carbocycles. The Hall–Kier alpha value is -0.673. The molecule has 13 heavy (non-hydrogen) atoms. The fourth-order valence-corrected chi connectivity index (χ4v) is 4.11. The maximum absolute atomic E-state index is 12.6. The summed E-state index contributed by atoms with van der Waals surface area (Å²) in [7, 11) is -1.17. The average Bonchev–Trinajstić information content (AvgIpc) is 2.20. The van der Waals surface area contributed by atoms with Gasteiger partial charge in [-0.2, -0.15) is 0 Å². The van der Waals surface area contributed by atoms with Crippen LogP contribution in [-0.4, -0.2) is 15.6 Å². The standard InChI is InChI=1S/C10H13FOSi/c11-9-3-5-10(6-4-9)13-8-2-1-7-12-13/h3-6,13H,1-2,7-8H2. The summed E-state index contributed by atoms with van der Waals surface area (Å²) in [6.45, 7) is 0.897. The van der Waals surface area contributed by atoms with Gasteiger partial charge in [0, 0.05) is 6.61 Å². The molecule has 0 amide bonds. The van der Waals surface area contributed by atoms with E-state index in [9.17, 15) is 4.39 Å². The van der Waals surface area contributed by atoms with E-state index in [2.05, 4.69) is 0 Å². The average molecular weight is 196 g/mol. The molecule has 0 aliphatic carbocycles. The highest BCUT2D eigenvalue weighted by atomic mass is 28.3. The second-order valence-electron chi connectivity index (χ2n) is 3.41. The molecule has 1 nitrogen and oxygen atoms in total. The molecule has 1 aliphatic rings. The molecule has 1 aromatic rings. The predicted molar refractivity (Wildman–Crippen MR) is 53.2 cm³/mol. The number of hydrogen-bond acceptors (Lipinski definition) is 1. The van der Waals surface area contributed by atoms with E-state index < -0.39 is 9.04 Å². The van der Waals surface area contributed by atoms with Gasteiger partial charge in [-0.05, 0) is 29.8 Å². The van der Waals surface area contributed by atoms with Crippen molar-refractivity contribution in [1.82, 2.24) is 0 Å². The lowest BCUT2D eigenvalue weighted by atomic mass is 10.3. The van der Waals surface area contributed by atoms with E-state index in [4.69, 9.17) is 4.43 Å². The van der Waals surface area contributed by atoms with Gasteiger partial charge < -0.3 is 4.43 Å². The molecule has 1 aromatic carbocycles. The van der Waals surface area contributed by atoms with E-state index in [1.165, 1.54) is 36.2 Å². The molecule has 0 spiro atoms. The maximum Gasteiger partial charge on any atom is 0.208 e.